The Labute approximate surface area is 216 Å². The third-order valence-electron chi connectivity index (χ3n) is 7.36. The second-order valence-corrected chi connectivity index (χ2v) is 9.79. The van der Waals surface area contributed by atoms with E-state index in [1.54, 1.807) is 11.0 Å². The van der Waals surface area contributed by atoms with Crippen molar-refractivity contribution in [1.82, 2.24) is 20.4 Å². The van der Waals surface area contributed by atoms with Gasteiger partial charge in [-0.25, -0.2) is 0 Å². The van der Waals surface area contributed by atoms with Gasteiger partial charge in [-0.3, -0.25) is 29.4 Å². The van der Waals surface area contributed by atoms with Crippen molar-refractivity contribution in [3.05, 3.63) is 70.3 Å². The number of carbonyl (C=O) groups is 4. The monoisotopic (exact) mass is 504 g/mol. The molecular formula is C28H32N4O5. The molecule has 2 saturated heterocycles. The molecule has 194 valence electrons. The normalized spacial score (nSPS) is 20.4. The molecule has 9 nitrogen and oxygen atoms in total. The number of carbonyl (C=O) groups excluding carboxylic acids is 4. The molecule has 5 rings (SSSR count). The predicted octanol–water partition coefficient (Wildman–Crippen LogP) is 1.29. The summed E-state index contributed by atoms with van der Waals surface area (Å²) in [5.41, 5.74) is 4.21. The maximum Gasteiger partial charge on any atom is 0.254 e. The Bertz CT molecular complexity index is 1190. The molecule has 3 aliphatic rings. The average molecular weight is 505 g/mol. The number of rotatable bonds is 7. The highest BCUT2D eigenvalue weighted by Gasteiger charge is 2.37. The zero-order valence-electron chi connectivity index (χ0n) is 20.8. The summed E-state index contributed by atoms with van der Waals surface area (Å²) in [6, 6.07) is 12.7. The van der Waals surface area contributed by atoms with Gasteiger partial charge in [-0.1, -0.05) is 24.3 Å². The number of hydrogen-bond acceptors (Lipinski definition) is 6. The van der Waals surface area contributed by atoms with Crippen LogP contribution < -0.4 is 10.6 Å². The van der Waals surface area contributed by atoms with Crippen LogP contribution in [0, 0.1) is 0 Å². The van der Waals surface area contributed by atoms with E-state index in [4.69, 9.17) is 4.74 Å². The second-order valence-electron chi connectivity index (χ2n) is 9.79. The van der Waals surface area contributed by atoms with Gasteiger partial charge in [-0.05, 0) is 54.2 Å². The summed E-state index contributed by atoms with van der Waals surface area (Å²) in [5.74, 6) is -1.03. The van der Waals surface area contributed by atoms with Crippen LogP contribution in [0.1, 0.15) is 50.2 Å². The third-order valence-corrected chi connectivity index (χ3v) is 7.36. The summed E-state index contributed by atoms with van der Waals surface area (Å²) in [6.07, 6.45) is 2.15. The highest BCUT2D eigenvalue weighted by atomic mass is 16.5. The maximum atomic E-state index is 13.1. The Kier molecular flexibility index (Phi) is 7.62. The molecule has 0 saturated carbocycles. The Balaban J connectivity index is 1.14. The Hall–Kier alpha value is -3.56. The minimum absolute atomic E-state index is 0.141. The van der Waals surface area contributed by atoms with Crippen LogP contribution in [0.3, 0.4) is 0 Å². The van der Waals surface area contributed by atoms with Crippen LogP contribution in [-0.2, 0) is 33.7 Å². The van der Waals surface area contributed by atoms with Crippen LogP contribution in [0.5, 0.6) is 0 Å². The van der Waals surface area contributed by atoms with Crippen LogP contribution in [0.25, 0.3) is 0 Å². The number of imide groups is 1. The van der Waals surface area contributed by atoms with Gasteiger partial charge in [-0.15, -0.1) is 0 Å². The van der Waals surface area contributed by atoms with Crippen molar-refractivity contribution < 1.29 is 23.9 Å². The molecule has 0 aromatic heterocycles. The van der Waals surface area contributed by atoms with Gasteiger partial charge < -0.3 is 15.0 Å². The van der Waals surface area contributed by atoms with E-state index in [2.05, 4.69) is 15.5 Å². The van der Waals surface area contributed by atoms with E-state index in [1.807, 2.05) is 36.4 Å². The minimum atomic E-state index is -0.608. The Morgan fingerprint density at radius 1 is 0.973 bits per heavy atom. The summed E-state index contributed by atoms with van der Waals surface area (Å²) in [5, 5.41) is 5.29. The lowest BCUT2D eigenvalue weighted by Crippen LogP contribution is -2.55. The molecule has 2 N–H and O–H groups in total. The van der Waals surface area contributed by atoms with E-state index in [0.717, 1.165) is 50.4 Å². The summed E-state index contributed by atoms with van der Waals surface area (Å²) in [4.78, 5) is 53.4. The SMILES string of the molecule is O=C1CCC(N2CCc3cc(CNC(=O)c4ccc(CCN5CCOCC5)cc4)ccc3C2=O)C(=O)N1. The Morgan fingerprint density at radius 3 is 2.49 bits per heavy atom. The van der Waals surface area contributed by atoms with Crippen LogP contribution in [0.4, 0.5) is 0 Å². The van der Waals surface area contributed by atoms with Gasteiger partial charge in [-0.2, -0.15) is 0 Å². The molecule has 3 aliphatic heterocycles. The quantitative estimate of drug-likeness (QED) is 0.551. The number of amides is 4. The van der Waals surface area contributed by atoms with E-state index >= 15 is 0 Å². The van der Waals surface area contributed by atoms with Gasteiger partial charge in [0.1, 0.15) is 6.04 Å². The van der Waals surface area contributed by atoms with E-state index in [-0.39, 0.29) is 24.1 Å². The molecule has 37 heavy (non-hydrogen) atoms. The zero-order valence-corrected chi connectivity index (χ0v) is 20.8. The van der Waals surface area contributed by atoms with Crippen molar-refractivity contribution in [2.45, 2.75) is 38.3 Å². The number of fused-ring (bicyclic) bond motifs is 1. The fourth-order valence-electron chi connectivity index (χ4n) is 5.17. The van der Waals surface area contributed by atoms with Crippen molar-refractivity contribution in [2.75, 3.05) is 39.4 Å². The highest BCUT2D eigenvalue weighted by Crippen LogP contribution is 2.24. The highest BCUT2D eigenvalue weighted by molar-refractivity contribution is 6.04. The van der Waals surface area contributed by atoms with Gasteiger partial charge in [0.25, 0.3) is 11.8 Å². The number of nitrogens with zero attached hydrogens (tertiary/aromatic N) is 2. The predicted molar refractivity (Wildman–Crippen MR) is 136 cm³/mol. The summed E-state index contributed by atoms with van der Waals surface area (Å²) in [6.45, 7) is 5.29. The molecule has 2 aromatic rings. The lowest BCUT2D eigenvalue weighted by Gasteiger charge is -2.36. The van der Waals surface area contributed by atoms with E-state index in [9.17, 15) is 19.2 Å². The lowest BCUT2D eigenvalue weighted by molar-refractivity contribution is -0.136. The molecule has 4 amide bonds. The van der Waals surface area contributed by atoms with Crippen LogP contribution in [0.2, 0.25) is 0 Å². The fourth-order valence-corrected chi connectivity index (χ4v) is 5.17. The first kappa shape index (κ1) is 25.1. The third kappa shape index (κ3) is 5.89. The molecule has 0 radical (unpaired) electrons. The number of piperidine rings is 1. The second kappa shape index (κ2) is 11.2. The molecule has 0 bridgehead atoms. The van der Waals surface area contributed by atoms with E-state index < -0.39 is 11.9 Å². The molecule has 1 unspecified atom stereocenters. The van der Waals surface area contributed by atoms with Crippen LogP contribution in [0.15, 0.2) is 42.5 Å². The number of benzene rings is 2. The molecule has 0 spiro atoms. The largest absolute Gasteiger partial charge is 0.379 e. The first-order valence-corrected chi connectivity index (χ1v) is 12.9. The van der Waals surface area contributed by atoms with Crippen molar-refractivity contribution in [3.63, 3.8) is 0 Å². The van der Waals surface area contributed by atoms with Crippen LogP contribution in [-0.4, -0.2) is 78.9 Å². The topological polar surface area (TPSA) is 108 Å². The van der Waals surface area contributed by atoms with E-state index in [0.29, 0.717) is 37.1 Å². The summed E-state index contributed by atoms with van der Waals surface area (Å²) < 4.78 is 5.39. The van der Waals surface area contributed by atoms with Gasteiger partial charge in [0.15, 0.2) is 0 Å². The van der Waals surface area contributed by atoms with Crippen LogP contribution >= 0.6 is 0 Å². The van der Waals surface area contributed by atoms with Crippen molar-refractivity contribution in [2.24, 2.45) is 0 Å². The first-order valence-electron chi connectivity index (χ1n) is 12.9. The standard InChI is InChI=1S/C28H32N4O5/c33-25-8-7-24(27(35)30-25)32-12-10-22-17-20(3-6-23(22)28(32)36)18-29-26(34)21-4-1-19(2-5-21)9-11-31-13-15-37-16-14-31/h1-6,17,24H,7-16,18H2,(H,29,34)(H,30,33,35). The fraction of sp³-hybridized carbons (Fsp3) is 0.429. The maximum absolute atomic E-state index is 13.1. The molecule has 3 heterocycles. The zero-order chi connectivity index (χ0) is 25.8. The molecule has 2 aromatic carbocycles. The Morgan fingerprint density at radius 2 is 1.73 bits per heavy atom. The average Bonchev–Trinajstić information content (AvgIpc) is 2.92. The summed E-state index contributed by atoms with van der Waals surface area (Å²) >= 11 is 0. The number of morpholine rings is 1. The van der Waals surface area contributed by atoms with Crippen molar-refractivity contribution >= 4 is 23.6 Å². The summed E-state index contributed by atoms with van der Waals surface area (Å²) in [7, 11) is 0. The number of ether oxygens (including phenoxy) is 1. The molecule has 2 fully saturated rings. The number of hydrogen-bond donors (Lipinski definition) is 2. The molecule has 0 aliphatic carbocycles. The van der Waals surface area contributed by atoms with E-state index in [1.165, 1.54) is 5.56 Å². The van der Waals surface area contributed by atoms with Gasteiger partial charge in [0, 0.05) is 50.3 Å². The van der Waals surface area contributed by atoms with Crippen molar-refractivity contribution in [3.8, 4) is 0 Å². The van der Waals surface area contributed by atoms with Crippen molar-refractivity contribution in [1.29, 1.82) is 0 Å². The molecule has 1 atom stereocenters. The first-order chi connectivity index (χ1) is 18.0. The van der Waals surface area contributed by atoms with Gasteiger partial charge >= 0.3 is 0 Å². The lowest BCUT2D eigenvalue weighted by atomic mass is 9.93. The molecule has 9 heteroatoms. The smallest absolute Gasteiger partial charge is 0.254 e. The molecular weight excluding hydrogens is 472 g/mol. The van der Waals surface area contributed by atoms with Gasteiger partial charge in [0.2, 0.25) is 11.8 Å². The number of nitrogens with one attached hydrogen (secondary N) is 2. The van der Waals surface area contributed by atoms with Gasteiger partial charge in [0.05, 0.1) is 13.2 Å². The minimum Gasteiger partial charge on any atom is -0.379 e.